The van der Waals surface area contributed by atoms with Crippen LogP contribution in [0.3, 0.4) is 0 Å². The molecule has 2 saturated heterocycles. The molecule has 1 aromatic rings. The van der Waals surface area contributed by atoms with Gasteiger partial charge in [0, 0.05) is 23.9 Å². The third-order valence-electron chi connectivity index (χ3n) is 4.57. The molecular weight excluding hydrogens is 358 g/mol. The monoisotopic (exact) mass is 377 g/mol. The van der Waals surface area contributed by atoms with Gasteiger partial charge in [-0.2, -0.15) is 0 Å². The van der Waals surface area contributed by atoms with Crippen LogP contribution in [0.5, 0.6) is 11.5 Å². The summed E-state index contributed by atoms with van der Waals surface area (Å²) in [7, 11) is 0. The number of hydrogen-bond acceptors (Lipinski definition) is 6. The molecule has 138 valence electrons. The molecule has 2 fully saturated rings. The summed E-state index contributed by atoms with van der Waals surface area (Å²) >= 11 is 1.53. The van der Waals surface area contributed by atoms with Gasteiger partial charge in [-0.05, 0) is 18.6 Å². The highest BCUT2D eigenvalue weighted by atomic mass is 32.2. The molecule has 0 saturated carbocycles. The zero-order chi connectivity index (χ0) is 18.1. The van der Waals surface area contributed by atoms with E-state index in [0.29, 0.717) is 54.9 Å². The molecule has 1 aromatic carbocycles. The van der Waals surface area contributed by atoms with Crippen LogP contribution in [0, 0.1) is 0 Å². The second kappa shape index (κ2) is 7.06. The Labute approximate surface area is 154 Å². The van der Waals surface area contributed by atoms with Crippen LogP contribution in [0.15, 0.2) is 18.2 Å². The number of fused-ring (bicyclic) bond motifs is 1. The maximum absolute atomic E-state index is 12.7. The van der Waals surface area contributed by atoms with E-state index in [-0.39, 0.29) is 17.7 Å². The number of carbonyl (C=O) groups is 3. The summed E-state index contributed by atoms with van der Waals surface area (Å²) in [6, 6.07) is 4.14. The van der Waals surface area contributed by atoms with Crippen molar-refractivity contribution in [3.8, 4) is 11.5 Å². The Morgan fingerprint density at radius 1 is 1.23 bits per heavy atom. The molecule has 0 bridgehead atoms. The quantitative estimate of drug-likeness (QED) is 0.800. The van der Waals surface area contributed by atoms with E-state index in [0.717, 1.165) is 0 Å². The van der Waals surface area contributed by atoms with Crippen LogP contribution >= 0.6 is 11.8 Å². The number of rotatable bonds is 3. The predicted octanol–water partition coefficient (Wildman–Crippen LogP) is 0.576. The Bertz CT molecular complexity index is 756. The van der Waals surface area contributed by atoms with Crippen LogP contribution in [-0.4, -0.2) is 59.5 Å². The number of ether oxygens (including phenoxy) is 2. The molecule has 3 heterocycles. The van der Waals surface area contributed by atoms with Crippen molar-refractivity contribution >= 4 is 35.2 Å². The van der Waals surface area contributed by atoms with E-state index in [4.69, 9.17) is 9.47 Å². The first kappa shape index (κ1) is 17.0. The van der Waals surface area contributed by atoms with Crippen molar-refractivity contribution in [2.24, 2.45) is 0 Å². The Kier molecular flexibility index (Phi) is 4.62. The maximum Gasteiger partial charge on any atom is 0.248 e. The van der Waals surface area contributed by atoms with Crippen LogP contribution < -0.4 is 20.1 Å². The molecule has 3 amide bonds. The summed E-state index contributed by atoms with van der Waals surface area (Å²) in [5.41, 5.74) is 0.595. The van der Waals surface area contributed by atoms with Gasteiger partial charge in [0.25, 0.3) is 0 Å². The van der Waals surface area contributed by atoms with Crippen molar-refractivity contribution in [2.75, 3.05) is 30.2 Å². The highest BCUT2D eigenvalue weighted by molar-refractivity contribution is 7.99. The summed E-state index contributed by atoms with van der Waals surface area (Å²) in [5.74, 6) is 1.67. The molecule has 0 aliphatic carbocycles. The summed E-state index contributed by atoms with van der Waals surface area (Å²) in [4.78, 5) is 38.2. The van der Waals surface area contributed by atoms with Gasteiger partial charge in [-0.1, -0.05) is 0 Å². The topological polar surface area (TPSA) is 97.0 Å². The SMILES string of the molecule is O=C1CC[C@H](C(=O)N2CSC[C@@H]2C(=O)Nc2ccc3c(c2)OCCO3)N1. The van der Waals surface area contributed by atoms with Gasteiger partial charge in [-0.15, -0.1) is 11.8 Å². The Morgan fingerprint density at radius 2 is 2.04 bits per heavy atom. The molecule has 3 aliphatic rings. The molecule has 0 aromatic heterocycles. The molecule has 8 nitrogen and oxygen atoms in total. The number of thioether (sulfide) groups is 1. The standard InChI is InChI=1S/C17H19N3O5S/c21-15-4-2-11(19-15)17(23)20-9-26-8-12(20)16(22)18-10-1-3-13-14(7-10)25-6-5-24-13/h1,3,7,11-12H,2,4-6,8-9H2,(H,18,22)(H,19,21)/t11-,12-/m1/s1. The van der Waals surface area contributed by atoms with Crippen LogP contribution in [0.1, 0.15) is 12.8 Å². The fourth-order valence-electron chi connectivity index (χ4n) is 3.22. The van der Waals surface area contributed by atoms with Gasteiger partial charge >= 0.3 is 0 Å². The Balaban J connectivity index is 1.43. The van der Waals surface area contributed by atoms with Gasteiger partial charge in [0.05, 0.1) is 5.88 Å². The van der Waals surface area contributed by atoms with Gasteiger partial charge in [0.15, 0.2) is 11.5 Å². The van der Waals surface area contributed by atoms with E-state index in [9.17, 15) is 14.4 Å². The van der Waals surface area contributed by atoms with E-state index in [2.05, 4.69) is 10.6 Å². The van der Waals surface area contributed by atoms with Crippen molar-refractivity contribution in [3.05, 3.63) is 18.2 Å². The van der Waals surface area contributed by atoms with Crippen molar-refractivity contribution in [3.63, 3.8) is 0 Å². The van der Waals surface area contributed by atoms with Crippen LogP contribution in [0.2, 0.25) is 0 Å². The first-order valence-electron chi connectivity index (χ1n) is 8.50. The van der Waals surface area contributed by atoms with Crippen LogP contribution in [0.25, 0.3) is 0 Å². The molecule has 26 heavy (non-hydrogen) atoms. The fraction of sp³-hybridized carbons (Fsp3) is 0.471. The first-order chi connectivity index (χ1) is 12.6. The van der Waals surface area contributed by atoms with Crippen molar-refractivity contribution < 1.29 is 23.9 Å². The minimum Gasteiger partial charge on any atom is -0.486 e. The lowest BCUT2D eigenvalue weighted by Crippen LogP contribution is -2.50. The molecule has 0 spiro atoms. The van der Waals surface area contributed by atoms with E-state index >= 15 is 0 Å². The number of anilines is 1. The molecule has 0 unspecified atom stereocenters. The molecule has 4 rings (SSSR count). The molecule has 3 aliphatic heterocycles. The highest BCUT2D eigenvalue weighted by Crippen LogP contribution is 2.33. The van der Waals surface area contributed by atoms with Gasteiger partial charge < -0.3 is 25.0 Å². The van der Waals surface area contributed by atoms with Crippen molar-refractivity contribution in [1.82, 2.24) is 10.2 Å². The van der Waals surface area contributed by atoms with E-state index in [1.807, 2.05) is 0 Å². The van der Waals surface area contributed by atoms with E-state index in [1.165, 1.54) is 11.8 Å². The molecule has 2 N–H and O–H groups in total. The lowest BCUT2D eigenvalue weighted by molar-refractivity contribution is -0.138. The number of nitrogens with one attached hydrogen (secondary N) is 2. The largest absolute Gasteiger partial charge is 0.486 e. The van der Waals surface area contributed by atoms with Gasteiger partial charge in [-0.25, -0.2) is 0 Å². The van der Waals surface area contributed by atoms with Gasteiger partial charge in [-0.3, -0.25) is 14.4 Å². The minimum atomic E-state index is -0.557. The number of hydrogen-bond donors (Lipinski definition) is 2. The Hall–Kier alpha value is -2.42. The van der Waals surface area contributed by atoms with Crippen molar-refractivity contribution in [2.45, 2.75) is 24.9 Å². The van der Waals surface area contributed by atoms with Gasteiger partial charge in [0.1, 0.15) is 25.3 Å². The normalized spacial score (nSPS) is 24.3. The molecule has 2 atom stereocenters. The average molecular weight is 377 g/mol. The number of benzene rings is 1. The summed E-state index contributed by atoms with van der Waals surface area (Å²) < 4.78 is 11.0. The number of carbonyl (C=O) groups excluding carboxylic acids is 3. The third kappa shape index (κ3) is 3.31. The lowest BCUT2D eigenvalue weighted by Gasteiger charge is -2.26. The van der Waals surface area contributed by atoms with Crippen LogP contribution in [0.4, 0.5) is 5.69 Å². The maximum atomic E-state index is 12.7. The zero-order valence-corrected chi connectivity index (χ0v) is 14.8. The molecule has 0 radical (unpaired) electrons. The van der Waals surface area contributed by atoms with Crippen molar-refractivity contribution in [1.29, 1.82) is 0 Å². The zero-order valence-electron chi connectivity index (χ0n) is 14.0. The van der Waals surface area contributed by atoms with E-state index < -0.39 is 12.1 Å². The minimum absolute atomic E-state index is 0.118. The third-order valence-corrected chi connectivity index (χ3v) is 5.58. The summed E-state index contributed by atoms with van der Waals surface area (Å²) in [6.07, 6.45) is 0.834. The Morgan fingerprint density at radius 3 is 2.81 bits per heavy atom. The molecular formula is C17H19N3O5S. The summed E-state index contributed by atoms with van der Waals surface area (Å²) in [5, 5.41) is 5.52. The van der Waals surface area contributed by atoms with Crippen LogP contribution in [-0.2, 0) is 14.4 Å². The smallest absolute Gasteiger partial charge is 0.248 e. The highest BCUT2D eigenvalue weighted by Gasteiger charge is 2.39. The molecule has 9 heteroatoms. The fourth-order valence-corrected chi connectivity index (χ4v) is 4.39. The summed E-state index contributed by atoms with van der Waals surface area (Å²) in [6.45, 7) is 0.978. The predicted molar refractivity (Wildman–Crippen MR) is 95.2 cm³/mol. The number of nitrogens with zero attached hydrogens (tertiary/aromatic N) is 1. The second-order valence-corrected chi connectivity index (χ2v) is 7.33. The number of amides is 3. The van der Waals surface area contributed by atoms with Gasteiger partial charge in [0.2, 0.25) is 17.7 Å². The lowest BCUT2D eigenvalue weighted by atomic mass is 10.1. The first-order valence-corrected chi connectivity index (χ1v) is 9.65. The second-order valence-electron chi connectivity index (χ2n) is 6.33. The average Bonchev–Trinajstić information content (AvgIpc) is 3.30. The van der Waals surface area contributed by atoms with E-state index in [1.54, 1.807) is 23.1 Å².